The van der Waals surface area contributed by atoms with Crippen LogP contribution >= 0.6 is 0 Å². The molecule has 2 aromatic heterocycles. The van der Waals surface area contributed by atoms with Crippen molar-refractivity contribution in [2.24, 2.45) is 0 Å². The topological polar surface area (TPSA) is 34.0 Å². The highest BCUT2D eigenvalue weighted by atomic mass is 15.3. The number of nitrogens with zero attached hydrogens (tertiary/aromatic N) is 4. The standard InChI is InChI=1S/C19H22N4/c1-14-7-5-8-15(13-14)18-21-16-9-6-11-20-19(16)23(18)17-10-3-4-12-22(17)2/h5-9,11,13,17H,3-4,10,12H2,1-2H3. The third kappa shape index (κ3) is 2.53. The summed E-state index contributed by atoms with van der Waals surface area (Å²) in [5.74, 6) is 1.03. The fourth-order valence-corrected chi connectivity index (χ4v) is 3.58. The predicted molar refractivity (Wildman–Crippen MR) is 93.2 cm³/mol. The lowest BCUT2D eigenvalue weighted by molar-refractivity contribution is 0.131. The van der Waals surface area contributed by atoms with Crippen LogP contribution in [0.1, 0.15) is 31.0 Å². The Morgan fingerprint density at radius 2 is 2.04 bits per heavy atom. The minimum Gasteiger partial charge on any atom is -0.292 e. The van der Waals surface area contributed by atoms with Crippen molar-refractivity contribution in [3.63, 3.8) is 0 Å². The van der Waals surface area contributed by atoms with Crippen LogP contribution < -0.4 is 0 Å². The second-order valence-corrected chi connectivity index (χ2v) is 6.48. The van der Waals surface area contributed by atoms with E-state index in [1.165, 1.54) is 24.0 Å². The van der Waals surface area contributed by atoms with Gasteiger partial charge in [-0.25, -0.2) is 9.97 Å². The lowest BCUT2D eigenvalue weighted by atomic mass is 10.1. The quantitative estimate of drug-likeness (QED) is 0.717. The number of pyridine rings is 1. The van der Waals surface area contributed by atoms with E-state index in [4.69, 9.17) is 4.98 Å². The van der Waals surface area contributed by atoms with Gasteiger partial charge in [0.15, 0.2) is 5.65 Å². The van der Waals surface area contributed by atoms with Crippen LogP contribution in [0.3, 0.4) is 0 Å². The molecular formula is C19H22N4. The first-order chi connectivity index (χ1) is 11.2. The molecule has 4 heteroatoms. The molecule has 3 heterocycles. The number of likely N-dealkylation sites (tertiary alicyclic amines) is 1. The first-order valence-electron chi connectivity index (χ1n) is 8.34. The third-order valence-corrected chi connectivity index (χ3v) is 4.76. The molecule has 1 aliphatic heterocycles. The van der Waals surface area contributed by atoms with Crippen molar-refractivity contribution in [2.75, 3.05) is 13.6 Å². The Morgan fingerprint density at radius 1 is 1.13 bits per heavy atom. The minimum absolute atomic E-state index is 0.333. The maximum absolute atomic E-state index is 4.91. The maximum Gasteiger partial charge on any atom is 0.161 e. The number of imidazole rings is 1. The van der Waals surface area contributed by atoms with Crippen LogP contribution in [0.25, 0.3) is 22.6 Å². The fourth-order valence-electron chi connectivity index (χ4n) is 3.58. The number of piperidine rings is 1. The lowest BCUT2D eigenvalue weighted by Crippen LogP contribution is -2.34. The Morgan fingerprint density at radius 3 is 2.87 bits per heavy atom. The summed E-state index contributed by atoms with van der Waals surface area (Å²) in [7, 11) is 2.21. The van der Waals surface area contributed by atoms with E-state index in [1.807, 2.05) is 12.3 Å². The summed E-state index contributed by atoms with van der Waals surface area (Å²) in [6.45, 7) is 3.26. The Balaban J connectivity index is 1.94. The average Bonchev–Trinajstić information content (AvgIpc) is 2.95. The SMILES string of the molecule is Cc1cccc(-c2nc3cccnc3n2C2CCCCN2C)c1. The predicted octanol–water partition coefficient (Wildman–Crippen LogP) is 4.02. The molecule has 0 bridgehead atoms. The zero-order valence-electron chi connectivity index (χ0n) is 13.7. The van der Waals surface area contributed by atoms with Gasteiger partial charge in [-0.15, -0.1) is 0 Å². The Bertz CT molecular complexity index is 836. The monoisotopic (exact) mass is 306 g/mol. The first-order valence-corrected chi connectivity index (χ1v) is 8.34. The van der Waals surface area contributed by atoms with Crippen LogP contribution in [-0.2, 0) is 0 Å². The average molecular weight is 306 g/mol. The van der Waals surface area contributed by atoms with E-state index in [2.05, 4.69) is 58.8 Å². The number of hydrogen-bond acceptors (Lipinski definition) is 3. The van der Waals surface area contributed by atoms with Gasteiger partial charge in [-0.2, -0.15) is 0 Å². The second kappa shape index (κ2) is 5.78. The van der Waals surface area contributed by atoms with Crippen molar-refractivity contribution < 1.29 is 0 Å². The molecule has 1 atom stereocenters. The molecule has 118 valence electrons. The zero-order chi connectivity index (χ0) is 15.8. The van der Waals surface area contributed by atoms with Crippen molar-refractivity contribution in [3.05, 3.63) is 48.2 Å². The summed E-state index contributed by atoms with van der Waals surface area (Å²) >= 11 is 0. The first kappa shape index (κ1) is 14.4. The fraction of sp³-hybridized carbons (Fsp3) is 0.368. The van der Waals surface area contributed by atoms with Crippen molar-refractivity contribution in [1.29, 1.82) is 0 Å². The lowest BCUT2D eigenvalue weighted by Gasteiger charge is -2.34. The normalized spacial score (nSPS) is 19.3. The number of aryl methyl sites for hydroxylation is 1. The molecule has 4 nitrogen and oxygen atoms in total. The zero-order valence-corrected chi connectivity index (χ0v) is 13.7. The molecular weight excluding hydrogens is 284 g/mol. The second-order valence-electron chi connectivity index (χ2n) is 6.48. The number of aromatic nitrogens is 3. The molecule has 1 aliphatic rings. The molecule has 0 radical (unpaired) electrons. The highest BCUT2D eigenvalue weighted by Gasteiger charge is 2.26. The van der Waals surface area contributed by atoms with Gasteiger partial charge in [0.2, 0.25) is 0 Å². The molecule has 0 saturated carbocycles. The van der Waals surface area contributed by atoms with Crippen LogP contribution in [0.4, 0.5) is 0 Å². The van der Waals surface area contributed by atoms with E-state index in [1.54, 1.807) is 0 Å². The molecule has 0 aliphatic carbocycles. The van der Waals surface area contributed by atoms with E-state index in [9.17, 15) is 0 Å². The Hall–Kier alpha value is -2.20. The van der Waals surface area contributed by atoms with E-state index < -0.39 is 0 Å². The van der Waals surface area contributed by atoms with Crippen molar-refractivity contribution in [3.8, 4) is 11.4 Å². The summed E-state index contributed by atoms with van der Waals surface area (Å²) < 4.78 is 2.34. The van der Waals surface area contributed by atoms with Gasteiger partial charge in [0.1, 0.15) is 11.3 Å². The van der Waals surface area contributed by atoms with E-state index in [0.717, 1.165) is 30.0 Å². The van der Waals surface area contributed by atoms with Crippen LogP contribution in [0.2, 0.25) is 0 Å². The molecule has 1 aromatic carbocycles. The number of fused-ring (bicyclic) bond motifs is 1. The van der Waals surface area contributed by atoms with E-state index >= 15 is 0 Å². The molecule has 1 saturated heterocycles. The number of benzene rings is 1. The van der Waals surface area contributed by atoms with E-state index in [0.29, 0.717) is 6.17 Å². The number of hydrogen-bond donors (Lipinski definition) is 0. The van der Waals surface area contributed by atoms with Gasteiger partial charge in [0.05, 0.1) is 6.17 Å². The molecule has 4 rings (SSSR count). The molecule has 0 N–H and O–H groups in total. The molecule has 1 unspecified atom stereocenters. The van der Waals surface area contributed by atoms with Gasteiger partial charge >= 0.3 is 0 Å². The van der Waals surface area contributed by atoms with E-state index in [-0.39, 0.29) is 0 Å². The van der Waals surface area contributed by atoms with Gasteiger partial charge in [-0.1, -0.05) is 23.8 Å². The van der Waals surface area contributed by atoms with Crippen LogP contribution in [0, 0.1) is 6.92 Å². The molecule has 23 heavy (non-hydrogen) atoms. The van der Waals surface area contributed by atoms with Crippen molar-refractivity contribution in [1.82, 2.24) is 19.4 Å². The highest BCUT2D eigenvalue weighted by molar-refractivity contribution is 5.77. The van der Waals surface area contributed by atoms with Gasteiger partial charge in [0, 0.05) is 11.8 Å². The smallest absolute Gasteiger partial charge is 0.161 e. The Kier molecular flexibility index (Phi) is 3.62. The summed E-state index contributed by atoms with van der Waals surface area (Å²) in [6, 6.07) is 12.6. The molecule has 1 fully saturated rings. The van der Waals surface area contributed by atoms with Gasteiger partial charge in [0.25, 0.3) is 0 Å². The summed E-state index contributed by atoms with van der Waals surface area (Å²) in [5.41, 5.74) is 4.39. The molecule has 0 spiro atoms. The third-order valence-electron chi connectivity index (χ3n) is 4.76. The van der Waals surface area contributed by atoms with Crippen LogP contribution in [0.5, 0.6) is 0 Å². The van der Waals surface area contributed by atoms with Crippen LogP contribution in [0.15, 0.2) is 42.6 Å². The summed E-state index contributed by atoms with van der Waals surface area (Å²) in [5, 5.41) is 0. The number of rotatable bonds is 2. The highest BCUT2D eigenvalue weighted by Crippen LogP contribution is 2.33. The van der Waals surface area contributed by atoms with Crippen molar-refractivity contribution >= 4 is 11.2 Å². The van der Waals surface area contributed by atoms with Gasteiger partial charge in [-0.3, -0.25) is 9.47 Å². The molecule has 3 aromatic rings. The van der Waals surface area contributed by atoms with Crippen molar-refractivity contribution in [2.45, 2.75) is 32.4 Å². The largest absolute Gasteiger partial charge is 0.292 e. The van der Waals surface area contributed by atoms with Gasteiger partial charge in [-0.05, 0) is 58.0 Å². The molecule has 0 amide bonds. The minimum atomic E-state index is 0.333. The summed E-state index contributed by atoms with van der Waals surface area (Å²) in [4.78, 5) is 12.0. The van der Waals surface area contributed by atoms with Crippen LogP contribution in [-0.4, -0.2) is 33.0 Å². The summed E-state index contributed by atoms with van der Waals surface area (Å²) in [6.07, 6.45) is 5.88. The van der Waals surface area contributed by atoms with Gasteiger partial charge < -0.3 is 0 Å². The Labute approximate surface area is 136 Å². The maximum atomic E-state index is 4.91.